The minimum Gasteiger partial charge on any atom is -0.497 e. The first-order valence-corrected chi connectivity index (χ1v) is 10.1. The van der Waals surface area contributed by atoms with Crippen LogP contribution in [0.5, 0.6) is 5.75 Å². The van der Waals surface area contributed by atoms with Crippen molar-refractivity contribution >= 4 is 35.2 Å². The molecule has 0 aliphatic heterocycles. The summed E-state index contributed by atoms with van der Waals surface area (Å²) in [5.41, 5.74) is 1.44. The molecule has 0 radical (unpaired) electrons. The first-order valence-electron chi connectivity index (χ1n) is 8.88. The average molecular weight is 416 g/mol. The molecule has 0 spiro atoms. The van der Waals surface area contributed by atoms with Gasteiger partial charge >= 0.3 is 5.97 Å². The van der Waals surface area contributed by atoms with Crippen molar-refractivity contribution in [3.05, 3.63) is 54.1 Å². The van der Waals surface area contributed by atoms with Gasteiger partial charge in [0.25, 0.3) is 5.91 Å². The number of hydrogen-bond donors (Lipinski definition) is 1. The van der Waals surface area contributed by atoms with Crippen molar-refractivity contribution in [1.29, 1.82) is 0 Å². The number of thioether (sulfide) groups is 1. The number of hydrogen-bond acceptors (Lipinski definition) is 6. The molecule has 1 N–H and O–H groups in total. The van der Waals surface area contributed by atoms with E-state index >= 15 is 0 Å². The van der Waals surface area contributed by atoms with Crippen LogP contribution in [0.25, 0.3) is 0 Å². The Bertz CT molecular complexity index is 854. The highest BCUT2D eigenvalue weighted by Crippen LogP contribution is 2.24. The van der Waals surface area contributed by atoms with Gasteiger partial charge in [0.15, 0.2) is 6.61 Å². The van der Waals surface area contributed by atoms with E-state index < -0.39 is 18.5 Å². The van der Waals surface area contributed by atoms with Crippen molar-refractivity contribution in [2.24, 2.45) is 0 Å². The molecule has 0 aliphatic carbocycles. The molecule has 0 aromatic heterocycles. The van der Waals surface area contributed by atoms with Crippen LogP contribution in [0.4, 0.5) is 5.69 Å². The molecule has 8 heteroatoms. The molecule has 7 nitrogen and oxygen atoms in total. The van der Waals surface area contributed by atoms with Crippen molar-refractivity contribution in [3.8, 4) is 5.75 Å². The Morgan fingerprint density at radius 3 is 2.41 bits per heavy atom. The van der Waals surface area contributed by atoms with E-state index in [0.29, 0.717) is 11.4 Å². The zero-order valence-electron chi connectivity index (χ0n) is 16.6. The summed E-state index contributed by atoms with van der Waals surface area (Å²) in [4.78, 5) is 38.4. The number of carbonyl (C=O) groups excluding carboxylic acids is 3. The number of carbonyl (C=O) groups is 3. The van der Waals surface area contributed by atoms with E-state index in [1.807, 2.05) is 24.5 Å². The van der Waals surface area contributed by atoms with Gasteiger partial charge < -0.3 is 19.7 Å². The third kappa shape index (κ3) is 7.15. The number of nitrogens with one attached hydrogen (secondary N) is 1. The monoisotopic (exact) mass is 416 g/mol. The molecule has 0 heterocycles. The molecule has 154 valence electrons. The standard InChI is InChI=1S/C21H24N2O5S/c1-23(13-19(24)22-17-6-4-5-7-18(17)29-3)20(25)14-28-21(26)12-15-8-10-16(27-2)11-9-15/h4-11H,12-14H2,1-3H3,(H,22,24). The van der Waals surface area contributed by atoms with Crippen LogP contribution in [0.2, 0.25) is 0 Å². The number of amides is 2. The second-order valence-electron chi connectivity index (χ2n) is 6.18. The van der Waals surface area contributed by atoms with Crippen LogP contribution in [0.15, 0.2) is 53.4 Å². The predicted octanol–water partition coefficient (Wildman–Crippen LogP) is 2.60. The van der Waals surface area contributed by atoms with Gasteiger partial charge in [0.2, 0.25) is 5.91 Å². The summed E-state index contributed by atoms with van der Waals surface area (Å²) < 4.78 is 10.1. The number of benzene rings is 2. The largest absolute Gasteiger partial charge is 0.497 e. The van der Waals surface area contributed by atoms with E-state index in [0.717, 1.165) is 10.5 Å². The summed E-state index contributed by atoms with van der Waals surface area (Å²) in [7, 11) is 3.05. The Balaban J connectivity index is 1.77. The Morgan fingerprint density at radius 1 is 1.07 bits per heavy atom. The first-order chi connectivity index (χ1) is 13.9. The summed E-state index contributed by atoms with van der Waals surface area (Å²) in [6.07, 6.45) is 1.97. The molecule has 2 aromatic carbocycles. The van der Waals surface area contributed by atoms with E-state index in [1.54, 1.807) is 37.4 Å². The summed E-state index contributed by atoms with van der Waals surface area (Å²) in [5.74, 6) is -0.610. The molecule has 2 rings (SSSR count). The molecule has 0 unspecified atom stereocenters. The highest BCUT2D eigenvalue weighted by molar-refractivity contribution is 7.98. The normalized spacial score (nSPS) is 10.2. The van der Waals surface area contributed by atoms with Crippen LogP contribution in [0.3, 0.4) is 0 Å². The summed E-state index contributed by atoms with van der Waals surface area (Å²) in [6.45, 7) is -0.558. The highest BCUT2D eigenvalue weighted by atomic mass is 32.2. The molecule has 0 bridgehead atoms. The number of likely N-dealkylation sites (N-methyl/N-ethyl adjacent to an activating group) is 1. The summed E-state index contributed by atoms with van der Waals surface area (Å²) in [6, 6.07) is 14.4. The topological polar surface area (TPSA) is 84.9 Å². The van der Waals surface area contributed by atoms with E-state index in [9.17, 15) is 14.4 Å². The van der Waals surface area contributed by atoms with Crippen molar-refractivity contribution in [3.63, 3.8) is 0 Å². The molecule has 0 saturated heterocycles. The number of nitrogens with zero attached hydrogens (tertiary/aromatic N) is 1. The van der Waals surface area contributed by atoms with Gasteiger partial charge in [-0.25, -0.2) is 0 Å². The number of anilines is 1. The predicted molar refractivity (Wildman–Crippen MR) is 112 cm³/mol. The zero-order valence-corrected chi connectivity index (χ0v) is 17.5. The fourth-order valence-electron chi connectivity index (χ4n) is 2.45. The maximum absolute atomic E-state index is 12.2. The van der Waals surface area contributed by atoms with Crippen molar-refractivity contribution in [2.45, 2.75) is 11.3 Å². The van der Waals surface area contributed by atoms with Crippen molar-refractivity contribution in [2.75, 3.05) is 38.9 Å². The van der Waals surface area contributed by atoms with Gasteiger partial charge in [0.05, 0.1) is 25.8 Å². The van der Waals surface area contributed by atoms with Crippen LogP contribution >= 0.6 is 11.8 Å². The number of ether oxygens (including phenoxy) is 2. The lowest BCUT2D eigenvalue weighted by molar-refractivity contribution is -0.151. The van der Waals surface area contributed by atoms with Gasteiger partial charge in [-0.3, -0.25) is 14.4 Å². The number of esters is 1. The second-order valence-corrected chi connectivity index (χ2v) is 7.03. The lowest BCUT2D eigenvalue weighted by atomic mass is 10.1. The van der Waals surface area contributed by atoms with Crippen LogP contribution in [0.1, 0.15) is 5.56 Å². The third-order valence-corrected chi connectivity index (χ3v) is 4.85. The quantitative estimate of drug-likeness (QED) is 0.500. The minimum atomic E-state index is -0.518. The van der Waals surface area contributed by atoms with Gasteiger partial charge in [-0.15, -0.1) is 11.8 Å². The third-order valence-electron chi connectivity index (χ3n) is 4.05. The number of rotatable bonds is 9. The average Bonchev–Trinajstić information content (AvgIpc) is 2.72. The molecular formula is C21H24N2O5S. The van der Waals surface area contributed by atoms with E-state index in [1.165, 1.54) is 23.7 Å². The molecule has 0 saturated carbocycles. The van der Waals surface area contributed by atoms with Gasteiger partial charge in [-0.2, -0.15) is 0 Å². The van der Waals surface area contributed by atoms with Gasteiger partial charge in [0, 0.05) is 11.9 Å². The molecule has 2 amide bonds. The van der Waals surface area contributed by atoms with Gasteiger partial charge in [-0.1, -0.05) is 24.3 Å². The van der Waals surface area contributed by atoms with Crippen LogP contribution < -0.4 is 10.1 Å². The SMILES string of the molecule is COc1ccc(CC(=O)OCC(=O)N(C)CC(=O)Nc2ccccc2SC)cc1. The fraction of sp³-hybridized carbons (Fsp3) is 0.286. The zero-order chi connectivity index (χ0) is 21.2. The Morgan fingerprint density at radius 2 is 1.76 bits per heavy atom. The smallest absolute Gasteiger partial charge is 0.310 e. The second kappa shape index (κ2) is 11.1. The lowest BCUT2D eigenvalue weighted by Gasteiger charge is -2.17. The van der Waals surface area contributed by atoms with Crippen LogP contribution in [0, 0.1) is 0 Å². The van der Waals surface area contributed by atoms with Crippen LogP contribution in [-0.2, 0) is 25.5 Å². The van der Waals surface area contributed by atoms with E-state index in [-0.39, 0.29) is 18.9 Å². The Hall–Kier alpha value is -3.00. The molecule has 0 fully saturated rings. The number of methoxy groups -OCH3 is 1. The van der Waals surface area contributed by atoms with Gasteiger partial charge in [0.1, 0.15) is 5.75 Å². The van der Waals surface area contributed by atoms with Crippen molar-refractivity contribution < 1.29 is 23.9 Å². The summed E-state index contributed by atoms with van der Waals surface area (Å²) >= 11 is 1.52. The summed E-state index contributed by atoms with van der Waals surface area (Å²) in [5, 5.41) is 2.78. The van der Waals surface area contributed by atoms with Gasteiger partial charge in [-0.05, 0) is 36.1 Å². The molecule has 0 aliphatic rings. The number of para-hydroxylation sites is 1. The molecular weight excluding hydrogens is 392 g/mol. The Kier molecular flexibility index (Phi) is 8.54. The van der Waals surface area contributed by atoms with Crippen LogP contribution in [-0.4, -0.2) is 56.2 Å². The Labute approximate surface area is 174 Å². The maximum Gasteiger partial charge on any atom is 0.310 e. The maximum atomic E-state index is 12.2. The van der Waals surface area contributed by atoms with Crippen molar-refractivity contribution in [1.82, 2.24) is 4.90 Å². The molecule has 0 atom stereocenters. The van der Waals surface area contributed by atoms with E-state index in [4.69, 9.17) is 9.47 Å². The first kappa shape index (κ1) is 22.3. The highest BCUT2D eigenvalue weighted by Gasteiger charge is 2.16. The minimum absolute atomic E-state index is 0.0486. The molecule has 29 heavy (non-hydrogen) atoms. The molecule has 2 aromatic rings. The van der Waals surface area contributed by atoms with E-state index in [2.05, 4.69) is 5.32 Å². The lowest BCUT2D eigenvalue weighted by Crippen LogP contribution is -2.37. The fourth-order valence-corrected chi connectivity index (χ4v) is 3.01.